The molecule has 0 N–H and O–H groups in total. The molecule has 2 nitrogen and oxygen atoms in total. The third-order valence-electron chi connectivity index (χ3n) is 2.18. The van der Waals surface area contributed by atoms with Crippen molar-refractivity contribution in [2.45, 2.75) is 12.8 Å². The average Bonchev–Trinajstić information content (AvgIpc) is 2.12. The van der Waals surface area contributed by atoms with Gasteiger partial charge < -0.3 is 4.74 Å². The van der Waals surface area contributed by atoms with Crippen LogP contribution in [0.15, 0.2) is 24.3 Å². The molecule has 62 valence electrons. The molecule has 12 heavy (non-hydrogen) atoms. The van der Waals surface area contributed by atoms with E-state index in [1.54, 1.807) is 0 Å². The summed E-state index contributed by atoms with van der Waals surface area (Å²) in [5.74, 6) is 0.141. The monoisotopic (exact) mass is 162 g/mol. The fourth-order valence-corrected chi connectivity index (χ4v) is 1.48. The Bertz CT molecular complexity index is 317. The van der Waals surface area contributed by atoms with Gasteiger partial charge >= 0.3 is 5.97 Å². The molecule has 1 unspecified atom stereocenters. The fourth-order valence-electron chi connectivity index (χ4n) is 1.48. The summed E-state index contributed by atoms with van der Waals surface area (Å²) in [4.78, 5) is 11.2. The van der Waals surface area contributed by atoms with Gasteiger partial charge in [0.15, 0.2) is 0 Å². The molecule has 0 bridgehead atoms. The van der Waals surface area contributed by atoms with Crippen molar-refractivity contribution in [3.8, 4) is 0 Å². The van der Waals surface area contributed by atoms with Gasteiger partial charge in [0.05, 0.1) is 12.2 Å². The van der Waals surface area contributed by atoms with E-state index in [-0.39, 0.29) is 5.97 Å². The Balaban J connectivity index is 2.55. The van der Waals surface area contributed by atoms with Crippen molar-refractivity contribution in [1.82, 2.24) is 0 Å². The van der Waals surface area contributed by atoms with Crippen LogP contribution in [0.5, 0.6) is 0 Å². The molecule has 0 spiro atoms. The van der Waals surface area contributed by atoms with E-state index in [2.05, 4.69) is 6.92 Å². The highest BCUT2D eigenvalue weighted by Crippen LogP contribution is 2.25. The molecule has 2 rings (SSSR count). The molecule has 0 aromatic heterocycles. The number of benzene rings is 1. The predicted molar refractivity (Wildman–Crippen MR) is 45.1 cm³/mol. The molecule has 1 atom stereocenters. The molecule has 1 aromatic carbocycles. The fraction of sp³-hybridized carbons (Fsp3) is 0.300. The number of carbonyl (C=O) groups excluding carboxylic acids is 1. The van der Waals surface area contributed by atoms with Crippen molar-refractivity contribution in [2.75, 3.05) is 6.61 Å². The lowest BCUT2D eigenvalue weighted by molar-refractivity contribution is 0.0449. The van der Waals surface area contributed by atoms with Crippen LogP contribution in [-0.4, -0.2) is 12.6 Å². The minimum Gasteiger partial charge on any atom is -0.461 e. The summed E-state index contributed by atoms with van der Waals surface area (Å²) in [5, 5.41) is 0. The van der Waals surface area contributed by atoms with Crippen LogP contribution in [-0.2, 0) is 4.74 Å². The lowest BCUT2D eigenvalue weighted by atomic mass is 9.94. The van der Waals surface area contributed by atoms with E-state index in [1.165, 1.54) is 0 Å². The summed E-state index contributed by atoms with van der Waals surface area (Å²) in [5.41, 5.74) is 1.82. The topological polar surface area (TPSA) is 26.3 Å². The largest absolute Gasteiger partial charge is 0.461 e. The maximum atomic E-state index is 11.2. The summed E-state index contributed by atoms with van der Waals surface area (Å²) in [7, 11) is 0. The second kappa shape index (κ2) is 2.63. The van der Waals surface area contributed by atoms with Gasteiger partial charge in [-0.2, -0.15) is 0 Å². The number of carbonyl (C=O) groups is 1. The van der Waals surface area contributed by atoms with Crippen molar-refractivity contribution in [1.29, 1.82) is 0 Å². The normalized spacial score (nSPS) is 21.4. The first-order valence-electron chi connectivity index (χ1n) is 4.05. The zero-order valence-electron chi connectivity index (χ0n) is 6.91. The van der Waals surface area contributed by atoms with Gasteiger partial charge in [0.1, 0.15) is 0 Å². The molecular weight excluding hydrogens is 152 g/mol. The predicted octanol–water partition coefficient (Wildman–Crippen LogP) is 1.96. The van der Waals surface area contributed by atoms with Crippen LogP contribution < -0.4 is 0 Å². The molecule has 1 aliphatic heterocycles. The van der Waals surface area contributed by atoms with Gasteiger partial charge in [0.25, 0.3) is 0 Å². The van der Waals surface area contributed by atoms with Crippen LogP contribution in [0.2, 0.25) is 0 Å². The standard InChI is InChI=1S/C10H10O2/c1-7-6-12-10(11)9-5-3-2-4-8(7)9/h2-5,7H,6H2,1H3. The highest BCUT2D eigenvalue weighted by atomic mass is 16.5. The second-order valence-corrected chi connectivity index (χ2v) is 3.09. The Labute approximate surface area is 71.2 Å². The third kappa shape index (κ3) is 0.998. The number of hydrogen-bond acceptors (Lipinski definition) is 2. The van der Waals surface area contributed by atoms with E-state index in [9.17, 15) is 4.79 Å². The zero-order valence-corrected chi connectivity index (χ0v) is 6.91. The minimum atomic E-state index is -0.191. The lowest BCUT2D eigenvalue weighted by Crippen LogP contribution is -2.20. The highest BCUT2D eigenvalue weighted by Gasteiger charge is 2.22. The lowest BCUT2D eigenvalue weighted by Gasteiger charge is -2.21. The molecule has 2 heteroatoms. The Morgan fingerprint density at radius 2 is 2.17 bits per heavy atom. The minimum absolute atomic E-state index is 0.191. The molecule has 1 aliphatic rings. The molecule has 1 heterocycles. The summed E-state index contributed by atoms with van der Waals surface area (Å²) in [6, 6.07) is 7.61. The van der Waals surface area contributed by atoms with E-state index in [1.807, 2.05) is 24.3 Å². The number of ether oxygens (including phenoxy) is 1. The van der Waals surface area contributed by atoms with Crippen LogP contribution in [0.3, 0.4) is 0 Å². The molecule has 1 aromatic rings. The van der Waals surface area contributed by atoms with E-state index in [0.29, 0.717) is 12.5 Å². The Morgan fingerprint density at radius 1 is 1.42 bits per heavy atom. The van der Waals surface area contributed by atoms with Gasteiger partial charge in [-0.1, -0.05) is 25.1 Å². The summed E-state index contributed by atoms with van der Waals surface area (Å²) < 4.78 is 4.98. The molecule has 0 fully saturated rings. The second-order valence-electron chi connectivity index (χ2n) is 3.09. The molecule has 0 saturated carbocycles. The molecular formula is C10H10O2. The average molecular weight is 162 g/mol. The van der Waals surface area contributed by atoms with Gasteiger partial charge in [0, 0.05) is 5.92 Å². The zero-order chi connectivity index (χ0) is 8.55. The number of esters is 1. The summed E-state index contributed by atoms with van der Waals surface area (Å²) in [6.45, 7) is 2.57. The van der Waals surface area contributed by atoms with Crippen molar-refractivity contribution >= 4 is 5.97 Å². The quantitative estimate of drug-likeness (QED) is 0.545. The number of hydrogen-bond donors (Lipinski definition) is 0. The molecule has 0 saturated heterocycles. The molecule has 0 aliphatic carbocycles. The maximum absolute atomic E-state index is 11.2. The summed E-state index contributed by atoms with van der Waals surface area (Å²) >= 11 is 0. The number of cyclic esters (lactones) is 1. The summed E-state index contributed by atoms with van der Waals surface area (Å²) in [6.07, 6.45) is 0. The Hall–Kier alpha value is -1.31. The first kappa shape index (κ1) is 7.35. The van der Waals surface area contributed by atoms with E-state index in [4.69, 9.17) is 4.74 Å². The SMILES string of the molecule is CC1COC(=O)c2ccccc21. The van der Waals surface area contributed by atoms with E-state index >= 15 is 0 Å². The Morgan fingerprint density at radius 3 is 2.92 bits per heavy atom. The van der Waals surface area contributed by atoms with Crippen molar-refractivity contribution in [3.05, 3.63) is 35.4 Å². The van der Waals surface area contributed by atoms with Gasteiger partial charge in [-0.05, 0) is 11.6 Å². The van der Waals surface area contributed by atoms with Gasteiger partial charge in [-0.25, -0.2) is 4.79 Å². The van der Waals surface area contributed by atoms with Crippen LogP contribution in [0.4, 0.5) is 0 Å². The third-order valence-corrected chi connectivity index (χ3v) is 2.18. The molecule has 0 amide bonds. The van der Waals surface area contributed by atoms with E-state index in [0.717, 1.165) is 11.1 Å². The Kier molecular flexibility index (Phi) is 1.61. The molecule has 0 radical (unpaired) electrons. The van der Waals surface area contributed by atoms with Gasteiger partial charge in [-0.3, -0.25) is 0 Å². The number of rotatable bonds is 0. The van der Waals surface area contributed by atoms with Crippen molar-refractivity contribution in [2.24, 2.45) is 0 Å². The van der Waals surface area contributed by atoms with Crippen molar-refractivity contribution < 1.29 is 9.53 Å². The van der Waals surface area contributed by atoms with Crippen molar-refractivity contribution in [3.63, 3.8) is 0 Å². The van der Waals surface area contributed by atoms with Crippen LogP contribution in [0, 0.1) is 0 Å². The highest BCUT2D eigenvalue weighted by molar-refractivity contribution is 5.92. The van der Waals surface area contributed by atoms with Gasteiger partial charge in [0.2, 0.25) is 0 Å². The maximum Gasteiger partial charge on any atom is 0.338 e. The smallest absolute Gasteiger partial charge is 0.338 e. The first-order valence-corrected chi connectivity index (χ1v) is 4.05. The van der Waals surface area contributed by atoms with E-state index < -0.39 is 0 Å². The van der Waals surface area contributed by atoms with Gasteiger partial charge in [-0.15, -0.1) is 0 Å². The first-order chi connectivity index (χ1) is 5.79. The number of fused-ring (bicyclic) bond motifs is 1. The van der Waals surface area contributed by atoms with Crippen LogP contribution >= 0.6 is 0 Å². The van der Waals surface area contributed by atoms with Crippen LogP contribution in [0.1, 0.15) is 28.8 Å². The van der Waals surface area contributed by atoms with Crippen LogP contribution in [0.25, 0.3) is 0 Å².